The first kappa shape index (κ1) is 15.0. The Morgan fingerprint density at radius 2 is 1.83 bits per heavy atom. The number of halogens is 4. The van der Waals surface area contributed by atoms with Gasteiger partial charge in [0.05, 0.1) is 22.8 Å². The summed E-state index contributed by atoms with van der Waals surface area (Å²) >= 11 is 0. The molecule has 0 atom stereocenters. The first-order chi connectivity index (χ1) is 10.8. The second-order valence-electron chi connectivity index (χ2n) is 4.69. The summed E-state index contributed by atoms with van der Waals surface area (Å²) in [7, 11) is 0. The molecule has 2 aromatic carbocycles. The van der Waals surface area contributed by atoms with Crippen LogP contribution in [0.4, 0.5) is 17.6 Å². The number of hydrogen-bond donors (Lipinski definition) is 1. The number of hydrogen-bond acceptors (Lipinski definition) is 3. The van der Waals surface area contributed by atoms with E-state index in [0.717, 1.165) is 6.07 Å². The molecule has 0 unspecified atom stereocenters. The third-order valence-corrected chi connectivity index (χ3v) is 3.05. The summed E-state index contributed by atoms with van der Waals surface area (Å²) in [6.07, 6.45) is -3.46. The lowest BCUT2D eigenvalue weighted by Gasteiger charge is -2.11. The van der Waals surface area contributed by atoms with Gasteiger partial charge in [-0.1, -0.05) is 0 Å². The van der Waals surface area contributed by atoms with Crippen molar-refractivity contribution in [2.45, 2.75) is 6.18 Å². The normalized spacial score (nSPS) is 11.7. The van der Waals surface area contributed by atoms with Crippen LogP contribution in [0.3, 0.4) is 0 Å². The summed E-state index contributed by atoms with van der Waals surface area (Å²) in [6.45, 7) is 0. The predicted molar refractivity (Wildman–Crippen MR) is 73.8 cm³/mol. The standard InChI is InChI=1S/C15H8F4N2O2/c16-9-3-8(15(17,18)19)4-11(5-9)23-10-1-2-13-12(6-10)14(22)21-7-20-13/h1-7H,(H,20,21,22). The molecule has 0 amide bonds. The van der Waals surface area contributed by atoms with Crippen molar-refractivity contribution in [2.75, 3.05) is 0 Å². The number of fused-ring (bicyclic) bond motifs is 1. The lowest BCUT2D eigenvalue weighted by molar-refractivity contribution is -0.137. The van der Waals surface area contributed by atoms with E-state index >= 15 is 0 Å². The Labute approximate surface area is 126 Å². The topological polar surface area (TPSA) is 55.0 Å². The highest BCUT2D eigenvalue weighted by Crippen LogP contribution is 2.34. The number of ether oxygens (including phenoxy) is 1. The molecule has 118 valence electrons. The van der Waals surface area contributed by atoms with Gasteiger partial charge in [-0.3, -0.25) is 4.79 Å². The number of nitrogens with zero attached hydrogens (tertiary/aromatic N) is 1. The summed E-state index contributed by atoms with van der Waals surface area (Å²) in [6, 6.07) is 6.10. The van der Waals surface area contributed by atoms with Crippen LogP contribution in [0.5, 0.6) is 11.5 Å². The maximum absolute atomic E-state index is 13.3. The van der Waals surface area contributed by atoms with E-state index in [-0.39, 0.29) is 16.9 Å². The fourth-order valence-corrected chi connectivity index (χ4v) is 2.03. The molecule has 0 aliphatic carbocycles. The van der Waals surface area contributed by atoms with E-state index in [0.29, 0.717) is 17.6 Å². The van der Waals surface area contributed by atoms with Gasteiger partial charge < -0.3 is 9.72 Å². The van der Waals surface area contributed by atoms with Crippen molar-refractivity contribution in [3.05, 3.63) is 64.5 Å². The van der Waals surface area contributed by atoms with Crippen LogP contribution in [0.1, 0.15) is 5.56 Å². The zero-order valence-corrected chi connectivity index (χ0v) is 11.3. The molecular weight excluding hydrogens is 316 g/mol. The Hall–Kier alpha value is -2.90. The van der Waals surface area contributed by atoms with Gasteiger partial charge in [-0.2, -0.15) is 13.2 Å². The smallest absolute Gasteiger partial charge is 0.416 e. The maximum atomic E-state index is 13.3. The molecule has 3 aromatic rings. The average molecular weight is 324 g/mol. The number of benzene rings is 2. The molecule has 0 saturated heterocycles. The Balaban J connectivity index is 2.01. The minimum absolute atomic E-state index is 0.0923. The Morgan fingerprint density at radius 3 is 2.57 bits per heavy atom. The third-order valence-electron chi connectivity index (χ3n) is 3.05. The Kier molecular flexibility index (Phi) is 3.51. The number of nitrogens with one attached hydrogen (secondary N) is 1. The monoisotopic (exact) mass is 324 g/mol. The maximum Gasteiger partial charge on any atom is 0.416 e. The summed E-state index contributed by atoms with van der Waals surface area (Å²) in [5.74, 6) is -1.30. The van der Waals surface area contributed by atoms with Gasteiger partial charge in [0.2, 0.25) is 0 Å². The van der Waals surface area contributed by atoms with Gasteiger partial charge in [-0.25, -0.2) is 9.37 Å². The van der Waals surface area contributed by atoms with Crippen LogP contribution < -0.4 is 10.3 Å². The molecule has 0 saturated carbocycles. The molecule has 0 spiro atoms. The number of alkyl halides is 3. The number of H-pyrrole nitrogens is 1. The minimum Gasteiger partial charge on any atom is -0.457 e. The molecule has 4 nitrogen and oxygen atoms in total. The fraction of sp³-hybridized carbons (Fsp3) is 0.0667. The quantitative estimate of drug-likeness (QED) is 0.728. The SMILES string of the molecule is O=c1[nH]cnc2ccc(Oc3cc(F)cc(C(F)(F)F)c3)cc12. The van der Waals surface area contributed by atoms with Gasteiger partial charge in [0, 0.05) is 6.07 Å². The predicted octanol–water partition coefficient (Wildman–Crippen LogP) is 3.87. The van der Waals surface area contributed by atoms with E-state index in [2.05, 4.69) is 9.97 Å². The molecular formula is C15H8F4N2O2. The number of aromatic nitrogens is 2. The molecule has 0 aliphatic heterocycles. The second kappa shape index (κ2) is 5.38. The fourth-order valence-electron chi connectivity index (χ4n) is 2.03. The molecule has 1 N–H and O–H groups in total. The van der Waals surface area contributed by atoms with Crippen molar-refractivity contribution in [2.24, 2.45) is 0 Å². The van der Waals surface area contributed by atoms with Crippen LogP contribution in [-0.2, 0) is 6.18 Å². The Morgan fingerprint density at radius 1 is 1.04 bits per heavy atom. The highest BCUT2D eigenvalue weighted by molar-refractivity contribution is 5.78. The van der Waals surface area contributed by atoms with Gasteiger partial charge in [-0.05, 0) is 30.3 Å². The van der Waals surface area contributed by atoms with Crippen LogP contribution in [0, 0.1) is 5.82 Å². The van der Waals surface area contributed by atoms with E-state index in [1.54, 1.807) is 0 Å². The zero-order valence-electron chi connectivity index (χ0n) is 11.3. The lowest BCUT2D eigenvalue weighted by Crippen LogP contribution is -2.06. The molecule has 0 aliphatic rings. The lowest BCUT2D eigenvalue weighted by atomic mass is 10.2. The summed E-state index contributed by atoms with van der Waals surface area (Å²) in [4.78, 5) is 18.0. The zero-order chi connectivity index (χ0) is 16.6. The summed E-state index contributed by atoms with van der Waals surface area (Å²) in [5.41, 5.74) is -1.18. The molecule has 8 heteroatoms. The van der Waals surface area contributed by atoms with E-state index in [4.69, 9.17) is 4.74 Å². The van der Waals surface area contributed by atoms with E-state index in [1.807, 2.05) is 0 Å². The molecule has 0 bridgehead atoms. The molecule has 0 fully saturated rings. The van der Waals surface area contributed by atoms with Crippen LogP contribution >= 0.6 is 0 Å². The van der Waals surface area contributed by atoms with E-state index < -0.39 is 23.1 Å². The molecule has 0 radical (unpaired) electrons. The van der Waals surface area contributed by atoms with Crippen molar-refractivity contribution in [3.63, 3.8) is 0 Å². The minimum atomic E-state index is -4.69. The summed E-state index contributed by atoms with van der Waals surface area (Å²) in [5, 5.41) is 0.206. The van der Waals surface area contributed by atoms with Gasteiger partial charge in [0.15, 0.2) is 0 Å². The van der Waals surface area contributed by atoms with Gasteiger partial charge in [0.1, 0.15) is 17.3 Å². The van der Waals surface area contributed by atoms with Crippen molar-refractivity contribution >= 4 is 10.9 Å². The van der Waals surface area contributed by atoms with Gasteiger partial charge >= 0.3 is 6.18 Å². The van der Waals surface area contributed by atoms with Crippen LogP contribution in [0.25, 0.3) is 10.9 Å². The van der Waals surface area contributed by atoms with Crippen LogP contribution in [0.15, 0.2) is 47.5 Å². The molecule has 3 rings (SSSR count). The first-order valence-corrected chi connectivity index (χ1v) is 6.36. The highest BCUT2D eigenvalue weighted by atomic mass is 19.4. The molecule has 23 heavy (non-hydrogen) atoms. The number of rotatable bonds is 2. The third kappa shape index (κ3) is 3.15. The van der Waals surface area contributed by atoms with Crippen LogP contribution in [-0.4, -0.2) is 9.97 Å². The largest absolute Gasteiger partial charge is 0.457 e. The highest BCUT2D eigenvalue weighted by Gasteiger charge is 2.31. The average Bonchev–Trinajstić information content (AvgIpc) is 2.47. The van der Waals surface area contributed by atoms with Crippen molar-refractivity contribution in [1.82, 2.24) is 9.97 Å². The van der Waals surface area contributed by atoms with Crippen molar-refractivity contribution in [3.8, 4) is 11.5 Å². The number of aromatic amines is 1. The molecule has 1 heterocycles. The van der Waals surface area contributed by atoms with E-state index in [9.17, 15) is 22.4 Å². The van der Waals surface area contributed by atoms with Gasteiger partial charge in [-0.15, -0.1) is 0 Å². The van der Waals surface area contributed by atoms with Crippen molar-refractivity contribution in [1.29, 1.82) is 0 Å². The molecule has 1 aromatic heterocycles. The van der Waals surface area contributed by atoms with Crippen LogP contribution in [0.2, 0.25) is 0 Å². The van der Waals surface area contributed by atoms with Gasteiger partial charge in [0.25, 0.3) is 5.56 Å². The Bertz CT molecular complexity index is 935. The van der Waals surface area contributed by atoms with E-state index in [1.165, 1.54) is 24.5 Å². The second-order valence-corrected chi connectivity index (χ2v) is 4.69. The first-order valence-electron chi connectivity index (χ1n) is 6.36. The van der Waals surface area contributed by atoms with Crippen molar-refractivity contribution < 1.29 is 22.3 Å². The summed E-state index contributed by atoms with van der Waals surface area (Å²) < 4.78 is 56.6.